The number of hydrogen-bond acceptors (Lipinski definition) is 4. The third-order valence-electron chi connectivity index (χ3n) is 4.86. The average Bonchev–Trinajstić information content (AvgIpc) is 2.68. The van der Waals surface area contributed by atoms with Gasteiger partial charge in [0.05, 0.1) is 5.60 Å². The Morgan fingerprint density at radius 2 is 1.77 bits per heavy atom. The molecule has 0 unspecified atom stereocenters. The molecule has 0 radical (unpaired) electrons. The number of rotatable bonds is 6. The number of hydrogen-bond donors (Lipinski definition) is 2. The summed E-state index contributed by atoms with van der Waals surface area (Å²) in [6, 6.07) is 17.0. The summed E-state index contributed by atoms with van der Waals surface area (Å²) in [5.41, 5.74) is 0.857. The van der Waals surface area contributed by atoms with Gasteiger partial charge in [-0.2, -0.15) is 0 Å². The van der Waals surface area contributed by atoms with E-state index >= 15 is 0 Å². The number of nitrogens with one attached hydrogen (secondary N) is 1. The first-order valence-electron chi connectivity index (χ1n) is 9.00. The fourth-order valence-electron chi connectivity index (χ4n) is 3.00. The molecule has 1 fully saturated rings. The second-order valence-corrected chi connectivity index (χ2v) is 7.01. The lowest BCUT2D eigenvalue weighted by Crippen LogP contribution is -2.50. The van der Waals surface area contributed by atoms with Crippen molar-refractivity contribution >= 4 is 5.91 Å². The van der Waals surface area contributed by atoms with Crippen molar-refractivity contribution in [2.24, 2.45) is 0 Å². The highest BCUT2D eigenvalue weighted by Crippen LogP contribution is 2.20. The highest BCUT2D eigenvalue weighted by Gasteiger charge is 2.31. The number of aliphatic hydroxyl groups is 1. The van der Waals surface area contributed by atoms with Gasteiger partial charge in [-0.05, 0) is 49.7 Å². The lowest BCUT2D eigenvalue weighted by atomic mass is 9.91. The number of carbonyl (C=O) groups excluding carboxylic acids is 1. The van der Waals surface area contributed by atoms with Crippen LogP contribution in [0, 0.1) is 0 Å². The van der Waals surface area contributed by atoms with Gasteiger partial charge in [0.1, 0.15) is 12.4 Å². The topological polar surface area (TPSA) is 61.8 Å². The van der Waals surface area contributed by atoms with Gasteiger partial charge >= 0.3 is 0 Å². The predicted octanol–water partition coefficient (Wildman–Crippen LogP) is 2.45. The predicted molar refractivity (Wildman–Crippen MR) is 101 cm³/mol. The number of carbonyl (C=O) groups is 1. The van der Waals surface area contributed by atoms with E-state index in [2.05, 4.69) is 10.2 Å². The quantitative estimate of drug-likeness (QED) is 0.837. The maximum absolute atomic E-state index is 12.3. The van der Waals surface area contributed by atoms with Crippen LogP contribution in [-0.2, 0) is 6.61 Å². The molecule has 1 heterocycles. The molecule has 3 rings (SSSR count). The molecule has 0 aliphatic carbocycles. The molecule has 2 aromatic rings. The van der Waals surface area contributed by atoms with E-state index in [1.807, 2.05) is 37.4 Å². The van der Waals surface area contributed by atoms with Gasteiger partial charge in [0.2, 0.25) is 0 Å². The van der Waals surface area contributed by atoms with Crippen molar-refractivity contribution < 1.29 is 14.6 Å². The Kier molecular flexibility index (Phi) is 5.91. The molecule has 1 saturated heterocycles. The van der Waals surface area contributed by atoms with E-state index in [9.17, 15) is 9.90 Å². The Balaban J connectivity index is 1.49. The standard InChI is InChI=1S/C21H26N2O3/c1-23-13-11-21(25,12-14-23)16-22-20(24)18-7-9-19(10-8-18)26-15-17-5-3-2-4-6-17/h2-10,25H,11-16H2,1H3,(H,22,24). The maximum atomic E-state index is 12.3. The van der Waals surface area contributed by atoms with Gasteiger partial charge in [-0.15, -0.1) is 0 Å². The molecule has 1 aliphatic rings. The minimum absolute atomic E-state index is 0.174. The van der Waals surface area contributed by atoms with Crippen molar-refractivity contribution in [3.63, 3.8) is 0 Å². The van der Waals surface area contributed by atoms with Crippen LogP contribution in [0.15, 0.2) is 54.6 Å². The Labute approximate surface area is 154 Å². The van der Waals surface area contributed by atoms with Gasteiger partial charge in [0.25, 0.3) is 5.91 Å². The lowest BCUT2D eigenvalue weighted by Gasteiger charge is -2.36. The van der Waals surface area contributed by atoms with Crippen LogP contribution in [0.4, 0.5) is 0 Å². The highest BCUT2D eigenvalue weighted by molar-refractivity contribution is 5.94. The van der Waals surface area contributed by atoms with Crippen molar-refractivity contribution in [3.05, 3.63) is 65.7 Å². The van der Waals surface area contributed by atoms with Gasteiger partial charge in [-0.1, -0.05) is 30.3 Å². The smallest absolute Gasteiger partial charge is 0.251 e. The summed E-state index contributed by atoms with van der Waals surface area (Å²) in [4.78, 5) is 14.5. The molecule has 5 nitrogen and oxygen atoms in total. The maximum Gasteiger partial charge on any atom is 0.251 e. The van der Waals surface area contributed by atoms with Crippen LogP contribution in [0.2, 0.25) is 0 Å². The number of ether oxygens (including phenoxy) is 1. The summed E-state index contributed by atoms with van der Waals surface area (Å²) in [6.07, 6.45) is 1.35. The fraction of sp³-hybridized carbons (Fsp3) is 0.381. The zero-order valence-corrected chi connectivity index (χ0v) is 15.1. The largest absolute Gasteiger partial charge is 0.489 e. The SMILES string of the molecule is CN1CCC(O)(CNC(=O)c2ccc(OCc3ccccc3)cc2)CC1. The number of nitrogens with zero attached hydrogens (tertiary/aromatic N) is 1. The Hall–Kier alpha value is -2.37. The first-order valence-corrected chi connectivity index (χ1v) is 9.00. The molecule has 2 N–H and O–H groups in total. The molecule has 5 heteroatoms. The van der Waals surface area contributed by atoms with Crippen molar-refractivity contribution in [2.75, 3.05) is 26.7 Å². The first kappa shape index (κ1) is 18.4. The normalized spacial score (nSPS) is 16.8. The van der Waals surface area contributed by atoms with Crippen LogP contribution in [0.1, 0.15) is 28.8 Å². The van der Waals surface area contributed by atoms with Crippen molar-refractivity contribution in [3.8, 4) is 5.75 Å². The number of piperidine rings is 1. The minimum atomic E-state index is -0.805. The summed E-state index contributed by atoms with van der Waals surface area (Å²) >= 11 is 0. The molecular formula is C21H26N2O3. The van der Waals surface area contributed by atoms with Crippen LogP contribution in [-0.4, -0.2) is 48.2 Å². The summed E-state index contributed by atoms with van der Waals surface area (Å²) in [5.74, 6) is 0.548. The highest BCUT2D eigenvalue weighted by atomic mass is 16.5. The lowest BCUT2D eigenvalue weighted by molar-refractivity contribution is -0.0135. The van der Waals surface area contributed by atoms with Gasteiger partial charge in [0, 0.05) is 25.2 Å². The van der Waals surface area contributed by atoms with E-state index in [4.69, 9.17) is 4.74 Å². The van der Waals surface area contributed by atoms with Gasteiger partial charge in [-0.25, -0.2) is 0 Å². The van der Waals surface area contributed by atoms with Gasteiger partial charge in [0.15, 0.2) is 0 Å². The van der Waals surface area contributed by atoms with Crippen LogP contribution in [0.25, 0.3) is 0 Å². The molecule has 0 atom stereocenters. The van der Waals surface area contributed by atoms with Gasteiger partial charge in [-0.3, -0.25) is 4.79 Å². The Morgan fingerprint density at radius 3 is 2.42 bits per heavy atom. The first-order chi connectivity index (χ1) is 12.5. The third-order valence-corrected chi connectivity index (χ3v) is 4.86. The monoisotopic (exact) mass is 354 g/mol. The molecule has 0 aromatic heterocycles. The van der Waals surface area contributed by atoms with E-state index in [-0.39, 0.29) is 12.5 Å². The van der Waals surface area contributed by atoms with Crippen LogP contribution >= 0.6 is 0 Å². The third kappa shape index (κ3) is 5.07. The van der Waals surface area contributed by atoms with Crippen molar-refractivity contribution in [2.45, 2.75) is 25.0 Å². The Morgan fingerprint density at radius 1 is 1.12 bits per heavy atom. The van der Waals surface area contributed by atoms with E-state index in [1.54, 1.807) is 24.3 Å². The molecule has 0 saturated carbocycles. The zero-order chi connectivity index (χ0) is 18.4. The van der Waals surface area contributed by atoms with Crippen LogP contribution < -0.4 is 10.1 Å². The fourth-order valence-corrected chi connectivity index (χ4v) is 3.00. The van der Waals surface area contributed by atoms with Crippen molar-refractivity contribution in [1.29, 1.82) is 0 Å². The van der Waals surface area contributed by atoms with E-state index in [1.165, 1.54) is 0 Å². The summed E-state index contributed by atoms with van der Waals surface area (Å²) < 4.78 is 5.73. The van der Waals surface area contributed by atoms with Crippen LogP contribution in [0.5, 0.6) is 5.75 Å². The minimum Gasteiger partial charge on any atom is -0.489 e. The molecule has 26 heavy (non-hydrogen) atoms. The molecule has 0 bridgehead atoms. The zero-order valence-electron chi connectivity index (χ0n) is 15.1. The van der Waals surface area contributed by atoms with Crippen LogP contribution in [0.3, 0.4) is 0 Å². The molecular weight excluding hydrogens is 328 g/mol. The van der Waals surface area contributed by atoms with E-state index in [0.717, 1.165) is 24.4 Å². The number of benzene rings is 2. The number of amides is 1. The van der Waals surface area contributed by atoms with Gasteiger partial charge < -0.3 is 20.1 Å². The molecule has 2 aromatic carbocycles. The van der Waals surface area contributed by atoms with E-state index in [0.29, 0.717) is 25.0 Å². The second-order valence-electron chi connectivity index (χ2n) is 7.01. The Bertz CT molecular complexity index is 708. The van der Waals surface area contributed by atoms with E-state index < -0.39 is 5.60 Å². The van der Waals surface area contributed by atoms with Crippen molar-refractivity contribution in [1.82, 2.24) is 10.2 Å². The molecule has 0 spiro atoms. The second kappa shape index (κ2) is 8.34. The number of likely N-dealkylation sites (tertiary alicyclic amines) is 1. The molecule has 138 valence electrons. The summed E-state index contributed by atoms with van der Waals surface area (Å²) in [7, 11) is 2.04. The molecule has 1 aliphatic heterocycles. The summed E-state index contributed by atoms with van der Waals surface area (Å²) in [6.45, 7) is 2.47. The summed E-state index contributed by atoms with van der Waals surface area (Å²) in [5, 5.41) is 13.4. The molecule has 1 amide bonds. The average molecular weight is 354 g/mol.